The number of halogens is 1. The Hall–Kier alpha value is -1.30. The highest BCUT2D eigenvalue weighted by Gasteiger charge is 2.43. The van der Waals surface area contributed by atoms with E-state index in [4.69, 9.17) is 21.1 Å². The summed E-state index contributed by atoms with van der Waals surface area (Å²) in [5, 5.41) is 7.24. The molecule has 1 aromatic carbocycles. The van der Waals surface area contributed by atoms with Crippen molar-refractivity contribution in [2.75, 3.05) is 6.61 Å². The second-order valence-electron chi connectivity index (χ2n) is 7.45. The molecule has 2 N–H and O–H groups in total. The average Bonchev–Trinajstić information content (AvgIpc) is 2.50. The third-order valence-electron chi connectivity index (χ3n) is 4.22. The molecule has 0 heterocycles. The van der Waals surface area contributed by atoms with Gasteiger partial charge in [-0.25, -0.2) is 4.79 Å². The molecule has 4 unspecified atom stereocenters. The first-order valence-electron chi connectivity index (χ1n) is 8.82. The summed E-state index contributed by atoms with van der Waals surface area (Å²) in [7, 11) is 0. The van der Waals surface area contributed by atoms with Crippen molar-refractivity contribution in [1.29, 1.82) is 0 Å². The van der Waals surface area contributed by atoms with Crippen LogP contribution in [0, 0.1) is 0 Å². The Balaban J connectivity index is 1.97. The second kappa shape index (κ2) is 8.39. The van der Waals surface area contributed by atoms with Gasteiger partial charge >= 0.3 is 6.09 Å². The number of benzene rings is 1. The Morgan fingerprint density at radius 2 is 1.96 bits per heavy atom. The van der Waals surface area contributed by atoms with Gasteiger partial charge in [0.05, 0.1) is 18.2 Å². The van der Waals surface area contributed by atoms with Gasteiger partial charge in [-0.15, -0.1) is 0 Å². The molecule has 0 aliphatic heterocycles. The second-order valence-corrected chi connectivity index (χ2v) is 7.88. The smallest absolute Gasteiger partial charge is 0.407 e. The maximum absolute atomic E-state index is 12.0. The molecule has 1 aliphatic rings. The molecule has 0 radical (unpaired) electrons. The average molecular weight is 369 g/mol. The summed E-state index contributed by atoms with van der Waals surface area (Å²) in [6.45, 7) is 10.3. The fraction of sp³-hybridized carbons (Fsp3) is 0.632. The molecule has 2 rings (SSSR count). The van der Waals surface area contributed by atoms with Crippen molar-refractivity contribution >= 4 is 17.7 Å². The van der Waals surface area contributed by atoms with Crippen molar-refractivity contribution in [1.82, 2.24) is 10.6 Å². The van der Waals surface area contributed by atoms with Crippen LogP contribution in [-0.2, 0) is 9.47 Å². The van der Waals surface area contributed by atoms with Crippen molar-refractivity contribution in [3.63, 3.8) is 0 Å². The Bertz CT molecular complexity index is 571. The Morgan fingerprint density at radius 3 is 2.52 bits per heavy atom. The fourth-order valence-corrected chi connectivity index (χ4v) is 3.09. The number of hydrogen-bond donors (Lipinski definition) is 2. The maximum Gasteiger partial charge on any atom is 0.407 e. The highest BCUT2D eigenvalue weighted by atomic mass is 35.5. The molecular formula is C19H29ClN2O3. The number of hydrogen-bond acceptors (Lipinski definition) is 4. The van der Waals surface area contributed by atoms with Crippen LogP contribution in [0.15, 0.2) is 24.3 Å². The monoisotopic (exact) mass is 368 g/mol. The number of rotatable bonds is 6. The number of nitrogens with one attached hydrogen (secondary N) is 2. The van der Waals surface area contributed by atoms with Gasteiger partial charge in [0.1, 0.15) is 5.60 Å². The molecule has 6 heteroatoms. The van der Waals surface area contributed by atoms with E-state index in [0.29, 0.717) is 6.61 Å². The lowest BCUT2D eigenvalue weighted by Gasteiger charge is -2.46. The molecule has 1 aliphatic carbocycles. The lowest BCUT2D eigenvalue weighted by molar-refractivity contribution is -0.0462. The van der Waals surface area contributed by atoms with Gasteiger partial charge in [0.15, 0.2) is 0 Å². The Labute approximate surface area is 155 Å². The summed E-state index contributed by atoms with van der Waals surface area (Å²) in [5.74, 6) is 0. The van der Waals surface area contributed by atoms with Gasteiger partial charge in [0.2, 0.25) is 0 Å². The molecule has 4 atom stereocenters. The molecule has 0 spiro atoms. The van der Waals surface area contributed by atoms with Crippen LogP contribution in [0.4, 0.5) is 4.79 Å². The minimum absolute atomic E-state index is 0.0128. The van der Waals surface area contributed by atoms with Crippen molar-refractivity contribution in [3.8, 4) is 0 Å². The van der Waals surface area contributed by atoms with Crippen molar-refractivity contribution in [2.24, 2.45) is 0 Å². The number of carbonyl (C=O) groups excluding carboxylic acids is 1. The normalized spacial score (nSPS) is 24.3. The van der Waals surface area contributed by atoms with Gasteiger partial charge in [0, 0.05) is 17.7 Å². The van der Waals surface area contributed by atoms with E-state index in [2.05, 4.69) is 17.6 Å². The fourth-order valence-electron chi connectivity index (χ4n) is 2.96. The molecule has 25 heavy (non-hydrogen) atoms. The molecule has 1 fully saturated rings. The van der Waals surface area contributed by atoms with Crippen LogP contribution in [0.2, 0.25) is 5.02 Å². The number of alkyl carbamates (subject to hydrolysis) is 1. The standard InChI is InChI=1S/C19H29ClN2O3/c1-6-24-16-11-15(22-18(23)25-19(3,4)5)17(16)21-12(2)13-7-9-14(20)10-8-13/h7-10,12,15-17,21H,6,11H2,1-5H3,(H,22,23). The molecule has 1 aromatic rings. The van der Waals surface area contributed by atoms with Crippen LogP contribution < -0.4 is 10.6 Å². The van der Waals surface area contributed by atoms with Gasteiger partial charge in [-0.05, 0) is 58.7 Å². The first kappa shape index (κ1) is 20.0. The minimum atomic E-state index is -0.507. The summed E-state index contributed by atoms with van der Waals surface area (Å²) in [6, 6.07) is 7.92. The number of amides is 1. The SMILES string of the molecule is CCOC1CC(NC(=O)OC(C)(C)C)C1NC(C)c1ccc(Cl)cc1. The third kappa shape index (κ3) is 5.87. The van der Waals surface area contributed by atoms with Crippen molar-refractivity contribution < 1.29 is 14.3 Å². The van der Waals surface area contributed by atoms with E-state index in [1.807, 2.05) is 52.0 Å². The summed E-state index contributed by atoms with van der Waals surface area (Å²) < 4.78 is 11.1. The molecule has 1 saturated carbocycles. The lowest BCUT2D eigenvalue weighted by atomic mass is 9.82. The summed E-state index contributed by atoms with van der Waals surface area (Å²) in [5.41, 5.74) is 0.634. The quantitative estimate of drug-likeness (QED) is 0.794. The van der Waals surface area contributed by atoms with E-state index >= 15 is 0 Å². The predicted molar refractivity (Wildman–Crippen MR) is 100.0 cm³/mol. The summed E-state index contributed by atoms with van der Waals surface area (Å²) in [6.07, 6.45) is 0.469. The third-order valence-corrected chi connectivity index (χ3v) is 4.47. The number of carbonyl (C=O) groups is 1. The molecule has 0 bridgehead atoms. The van der Waals surface area contributed by atoms with Gasteiger partial charge < -0.3 is 20.1 Å². The summed E-state index contributed by atoms with van der Waals surface area (Å²) in [4.78, 5) is 12.0. The molecule has 0 saturated heterocycles. The molecule has 0 aromatic heterocycles. The molecule has 1 amide bonds. The predicted octanol–water partition coefficient (Wildman–Crippen LogP) is 4.06. The molecule has 5 nitrogen and oxygen atoms in total. The van der Waals surface area contributed by atoms with Crippen LogP contribution in [0.1, 0.15) is 52.6 Å². The van der Waals surface area contributed by atoms with Crippen molar-refractivity contribution in [3.05, 3.63) is 34.9 Å². The first-order chi connectivity index (χ1) is 11.7. The van der Waals surface area contributed by atoms with E-state index in [9.17, 15) is 4.79 Å². The minimum Gasteiger partial charge on any atom is -0.444 e. The number of ether oxygens (including phenoxy) is 2. The van der Waals surface area contributed by atoms with Gasteiger partial charge in [0.25, 0.3) is 0 Å². The van der Waals surface area contributed by atoms with E-state index < -0.39 is 11.7 Å². The Morgan fingerprint density at radius 1 is 1.32 bits per heavy atom. The Kier molecular flexibility index (Phi) is 6.72. The van der Waals surface area contributed by atoms with Crippen LogP contribution >= 0.6 is 11.6 Å². The van der Waals surface area contributed by atoms with Crippen LogP contribution in [0.3, 0.4) is 0 Å². The molecular weight excluding hydrogens is 340 g/mol. The van der Waals surface area contributed by atoms with E-state index in [1.54, 1.807) is 0 Å². The highest BCUT2D eigenvalue weighted by molar-refractivity contribution is 6.30. The summed E-state index contributed by atoms with van der Waals surface area (Å²) >= 11 is 5.96. The first-order valence-corrected chi connectivity index (χ1v) is 9.20. The highest BCUT2D eigenvalue weighted by Crippen LogP contribution is 2.28. The zero-order valence-electron chi connectivity index (χ0n) is 15.6. The zero-order valence-corrected chi connectivity index (χ0v) is 16.4. The molecule has 140 valence electrons. The van der Waals surface area contributed by atoms with Crippen LogP contribution in [0.5, 0.6) is 0 Å². The van der Waals surface area contributed by atoms with E-state index in [-0.39, 0.29) is 24.2 Å². The van der Waals surface area contributed by atoms with Crippen molar-refractivity contribution in [2.45, 2.75) is 70.9 Å². The van der Waals surface area contributed by atoms with E-state index in [1.165, 1.54) is 0 Å². The zero-order chi connectivity index (χ0) is 18.6. The van der Waals surface area contributed by atoms with Gasteiger partial charge in [-0.1, -0.05) is 23.7 Å². The lowest BCUT2D eigenvalue weighted by Crippen LogP contribution is -2.66. The van der Waals surface area contributed by atoms with E-state index in [0.717, 1.165) is 17.0 Å². The van der Waals surface area contributed by atoms with Crippen LogP contribution in [0.25, 0.3) is 0 Å². The van der Waals surface area contributed by atoms with Gasteiger partial charge in [-0.2, -0.15) is 0 Å². The largest absolute Gasteiger partial charge is 0.444 e. The topological polar surface area (TPSA) is 59.6 Å². The van der Waals surface area contributed by atoms with Gasteiger partial charge in [-0.3, -0.25) is 0 Å². The maximum atomic E-state index is 12.0. The van der Waals surface area contributed by atoms with Crippen LogP contribution in [-0.4, -0.2) is 36.5 Å².